The van der Waals surface area contributed by atoms with Gasteiger partial charge in [-0.3, -0.25) is 4.79 Å². The molecule has 0 aliphatic carbocycles. The number of carbonyl (C=O) groups excluding carboxylic acids is 1. The molecule has 0 bridgehead atoms. The van der Waals surface area contributed by atoms with E-state index >= 15 is 0 Å². The van der Waals surface area contributed by atoms with Crippen molar-refractivity contribution in [1.82, 2.24) is 4.90 Å². The molecule has 1 heterocycles. The van der Waals surface area contributed by atoms with E-state index in [4.69, 9.17) is 0 Å². The summed E-state index contributed by atoms with van der Waals surface area (Å²) in [5.41, 5.74) is 0.181. The van der Waals surface area contributed by atoms with Gasteiger partial charge in [0.15, 0.2) is 0 Å². The van der Waals surface area contributed by atoms with Crippen LogP contribution in [-0.4, -0.2) is 28.7 Å². The fraction of sp³-hybridized carbons (Fsp3) is 0.462. The lowest BCUT2D eigenvalue weighted by Gasteiger charge is -2.34. The highest BCUT2D eigenvalue weighted by Gasteiger charge is 2.27. The second kappa shape index (κ2) is 5.63. The predicted molar refractivity (Wildman–Crippen MR) is 68.9 cm³/mol. The summed E-state index contributed by atoms with van der Waals surface area (Å²) < 4.78 is 13.6. The van der Waals surface area contributed by atoms with Crippen molar-refractivity contribution in [1.29, 1.82) is 0 Å². The average Bonchev–Trinajstić information content (AvgIpc) is 2.38. The van der Waals surface area contributed by atoms with Gasteiger partial charge in [0.25, 0.3) is 5.91 Å². The van der Waals surface area contributed by atoms with E-state index in [2.05, 4.69) is 15.9 Å². The van der Waals surface area contributed by atoms with E-state index < -0.39 is 5.82 Å². The van der Waals surface area contributed by atoms with Gasteiger partial charge in [0.2, 0.25) is 0 Å². The number of hydrogen-bond donors (Lipinski definition) is 0. The van der Waals surface area contributed by atoms with Gasteiger partial charge in [-0.1, -0.05) is 28.1 Å². The molecule has 0 aromatic heterocycles. The molecule has 1 atom stereocenters. The minimum atomic E-state index is -0.434. The van der Waals surface area contributed by atoms with Gasteiger partial charge in [-0.15, -0.1) is 0 Å². The Kier molecular flexibility index (Phi) is 4.15. The fourth-order valence-electron chi connectivity index (χ4n) is 2.22. The molecule has 1 saturated heterocycles. The number of benzene rings is 1. The number of hydrogen-bond acceptors (Lipinski definition) is 1. The molecular formula is C13H15BrFNO. The van der Waals surface area contributed by atoms with Crippen molar-refractivity contribution in [2.24, 2.45) is 0 Å². The maximum atomic E-state index is 13.6. The zero-order chi connectivity index (χ0) is 12.3. The maximum Gasteiger partial charge on any atom is 0.257 e. The quantitative estimate of drug-likeness (QED) is 0.768. The molecule has 1 aromatic carbocycles. The van der Waals surface area contributed by atoms with Gasteiger partial charge in [0.1, 0.15) is 5.82 Å². The Bertz CT molecular complexity index is 410. The predicted octanol–water partition coefficient (Wildman–Crippen LogP) is 3.22. The number of nitrogens with zero attached hydrogens (tertiary/aromatic N) is 1. The van der Waals surface area contributed by atoms with Gasteiger partial charge in [0, 0.05) is 17.9 Å². The molecule has 0 saturated carbocycles. The molecule has 0 radical (unpaired) electrons. The number of alkyl halides is 1. The Morgan fingerprint density at radius 2 is 2.18 bits per heavy atom. The number of likely N-dealkylation sites (tertiary alicyclic amines) is 1. The first kappa shape index (κ1) is 12.6. The summed E-state index contributed by atoms with van der Waals surface area (Å²) in [5, 5.41) is 0.757. The largest absolute Gasteiger partial charge is 0.335 e. The van der Waals surface area contributed by atoms with E-state index in [0.717, 1.165) is 31.1 Å². The summed E-state index contributed by atoms with van der Waals surface area (Å²) in [7, 11) is 0. The summed E-state index contributed by atoms with van der Waals surface area (Å²) in [6.45, 7) is 0.726. The summed E-state index contributed by atoms with van der Waals surface area (Å²) in [6, 6.07) is 6.38. The van der Waals surface area contributed by atoms with Crippen LogP contribution in [0.1, 0.15) is 29.6 Å². The Morgan fingerprint density at radius 1 is 1.41 bits per heavy atom. The van der Waals surface area contributed by atoms with Crippen molar-refractivity contribution >= 4 is 21.8 Å². The SMILES string of the molecule is O=C(c1ccccc1F)N1CCCCC1CBr. The average molecular weight is 300 g/mol. The summed E-state index contributed by atoms with van der Waals surface area (Å²) in [6.07, 6.45) is 3.13. The topological polar surface area (TPSA) is 20.3 Å². The van der Waals surface area contributed by atoms with Crippen molar-refractivity contribution in [3.63, 3.8) is 0 Å². The van der Waals surface area contributed by atoms with Gasteiger partial charge in [-0.05, 0) is 31.4 Å². The van der Waals surface area contributed by atoms with Crippen LogP contribution < -0.4 is 0 Å². The molecule has 1 aliphatic heterocycles. The van der Waals surface area contributed by atoms with Crippen molar-refractivity contribution in [3.05, 3.63) is 35.6 Å². The van der Waals surface area contributed by atoms with Crippen LogP contribution >= 0.6 is 15.9 Å². The normalized spacial score (nSPS) is 20.4. The zero-order valence-electron chi connectivity index (χ0n) is 9.53. The van der Waals surface area contributed by atoms with Crippen LogP contribution in [0, 0.1) is 5.82 Å². The van der Waals surface area contributed by atoms with Crippen LogP contribution in [0.15, 0.2) is 24.3 Å². The lowest BCUT2D eigenvalue weighted by molar-refractivity contribution is 0.0637. The number of rotatable bonds is 2. The standard InChI is InChI=1S/C13H15BrFNO/c14-9-10-5-3-4-8-16(10)13(17)11-6-1-2-7-12(11)15/h1-2,6-7,10H,3-5,8-9H2. The second-order valence-corrected chi connectivity index (χ2v) is 4.93. The van der Waals surface area contributed by atoms with E-state index in [0.29, 0.717) is 0 Å². The number of piperidine rings is 1. The lowest BCUT2D eigenvalue weighted by atomic mass is 10.0. The molecule has 1 fully saturated rings. The third-order valence-corrected chi connectivity index (χ3v) is 3.92. The third kappa shape index (κ3) is 2.68. The van der Waals surface area contributed by atoms with Crippen LogP contribution in [-0.2, 0) is 0 Å². The van der Waals surface area contributed by atoms with E-state index in [1.807, 2.05) is 0 Å². The van der Waals surface area contributed by atoms with Crippen LogP contribution in [0.5, 0.6) is 0 Å². The Labute approximate surface area is 109 Å². The molecule has 2 rings (SSSR count). The highest BCUT2D eigenvalue weighted by atomic mass is 79.9. The van der Waals surface area contributed by atoms with Crippen LogP contribution in [0.3, 0.4) is 0 Å². The highest BCUT2D eigenvalue weighted by molar-refractivity contribution is 9.09. The van der Waals surface area contributed by atoms with Crippen molar-refractivity contribution in [2.45, 2.75) is 25.3 Å². The molecule has 1 unspecified atom stereocenters. The van der Waals surface area contributed by atoms with E-state index in [1.165, 1.54) is 6.07 Å². The van der Waals surface area contributed by atoms with Gasteiger partial charge in [0.05, 0.1) is 5.56 Å². The number of halogens is 2. The number of amides is 1. The van der Waals surface area contributed by atoms with E-state index in [-0.39, 0.29) is 17.5 Å². The smallest absolute Gasteiger partial charge is 0.257 e. The monoisotopic (exact) mass is 299 g/mol. The number of carbonyl (C=O) groups is 1. The molecule has 92 valence electrons. The maximum absolute atomic E-state index is 13.6. The first-order valence-electron chi connectivity index (χ1n) is 5.85. The molecule has 1 amide bonds. The molecular weight excluding hydrogens is 285 g/mol. The van der Waals surface area contributed by atoms with Gasteiger partial charge < -0.3 is 4.90 Å². The minimum Gasteiger partial charge on any atom is -0.335 e. The van der Waals surface area contributed by atoms with Crippen LogP contribution in [0.2, 0.25) is 0 Å². The van der Waals surface area contributed by atoms with Crippen molar-refractivity contribution < 1.29 is 9.18 Å². The molecule has 1 aliphatic rings. The molecule has 4 heteroatoms. The van der Waals surface area contributed by atoms with E-state index in [1.54, 1.807) is 23.1 Å². The molecule has 0 spiro atoms. The van der Waals surface area contributed by atoms with Gasteiger partial charge in [-0.25, -0.2) is 4.39 Å². The summed E-state index contributed by atoms with van der Waals surface area (Å²) in [5.74, 6) is -0.622. The van der Waals surface area contributed by atoms with Gasteiger partial charge in [-0.2, -0.15) is 0 Å². The lowest BCUT2D eigenvalue weighted by Crippen LogP contribution is -2.44. The Morgan fingerprint density at radius 3 is 2.88 bits per heavy atom. The fourth-order valence-corrected chi connectivity index (χ4v) is 2.89. The second-order valence-electron chi connectivity index (χ2n) is 4.28. The van der Waals surface area contributed by atoms with E-state index in [9.17, 15) is 9.18 Å². The molecule has 0 N–H and O–H groups in total. The Hall–Kier alpha value is -0.900. The Balaban J connectivity index is 2.21. The van der Waals surface area contributed by atoms with Crippen LogP contribution in [0.25, 0.3) is 0 Å². The van der Waals surface area contributed by atoms with Crippen molar-refractivity contribution in [3.8, 4) is 0 Å². The highest BCUT2D eigenvalue weighted by Crippen LogP contribution is 2.21. The van der Waals surface area contributed by atoms with Crippen LogP contribution in [0.4, 0.5) is 4.39 Å². The zero-order valence-corrected chi connectivity index (χ0v) is 11.1. The van der Waals surface area contributed by atoms with Gasteiger partial charge >= 0.3 is 0 Å². The summed E-state index contributed by atoms with van der Waals surface area (Å²) in [4.78, 5) is 14.0. The minimum absolute atomic E-state index is 0.181. The molecule has 17 heavy (non-hydrogen) atoms. The van der Waals surface area contributed by atoms with Crippen molar-refractivity contribution in [2.75, 3.05) is 11.9 Å². The summed E-state index contributed by atoms with van der Waals surface area (Å²) >= 11 is 3.42. The molecule has 2 nitrogen and oxygen atoms in total. The first-order valence-corrected chi connectivity index (χ1v) is 6.97. The first-order chi connectivity index (χ1) is 8.24. The third-order valence-electron chi connectivity index (χ3n) is 3.17. The molecule has 1 aromatic rings.